The van der Waals surface area contributed by atoms with Crippen molar-refractivity contribution in [2.24, 2.45) is 29.1 Å². The fraction of sp³-hybridized carbons (Fsp3) is 0.690. The third-order valence-corrected chi connectivity index (χ3v) is 10.8. The number of nitrogens with zero attached hydrogens (tertiary/aromatic N) is 1. The quantitative estimate of drug-likeness (QED) is 0.121. The third kappa shape index (κ3) is 12.8. The van der Waals surface area contributed by atoms with Gasteiger partial charge in [0.25, 0.3) is 5.91 Å². The normalized spacial score (nSPS) is 21.7. The Kier molecular flexibility index (Phi) is 17.3. The number of rotatable bonds is 20. The minimum Gasteiger partial charge on any atom is -0.434 e. The van der Waals surface area contributed by atoms with Gasteiger partial charge in [-0.05, 0) is 55.4 Å². The van der Waals surface area contributed by atoms with Crippen LogP contribution < -0.4 is 10.6 Å². The Bertz CT molecular complexity index is 1460. The molecule has 3 rings (SSSR count). The number of carbonyl (C=O) groups excluding carboxylic acids is 7. The number of nitrogens with one attached hydrogen (secondary N) is 2. The fourth-order valence-corrected chi connectivity index (χ4v) is 8.12. The average Bonchev–Trinajstić information content (AvgIpc) is 3.51. The molecule has 0 heterocycles. The van der Waals surface area contributed by atoms with Gasteiger partial charge in [0, 0.05) is 38.3 Å². The Balaban J connectivity index is 1.75. The van der Waals surface area contributed by atoms with Crippen molar-refractivity contribution in [2.45, 2.75) is 130 Å². The molecular weight excluding hydrogens is 690 g/mol. The molecule has 0 saturated heterocycles. The highest BCUT2D eigenvalue weighted by molar-refractivity contribution is 6.38. The van der Waals surface area contributed by atoms with Crippen LogP contribution in [0.1, 0.15) is 123 Å². The van der Waals surface area contributed by atoms with Crippen LogP contribution in [0.4, 0.5) is 4.79 Å². The molecule has 0 radical (unpaired) electrons. The molecule has 1 aromatic rings. The van der Waals surface area contributed by atoms with Gasteiger partial charge in [-0.1, -0.05) is 97.1 Å². The standard InChI is InChI=1S/C42H63N3O9/c1-8-16-34(36(48)39(50)43-25-30(46)22-31(40(51)45(6)7)28-17-12-10-13-18-28)44-38(49)33-24-42(5,21-9-2)23-32(33)35(47)37(29-19-14-11-15-20-29)54-41(52)53-26-27(3)4/h10,12-13,17-18,27,29,31-34,37H,8-9,11,14-16,19-26H2,1-7H3,(H,43,50)(H,44,49)/t31?,32?,33-,34?,37+,42+/m1/s1. The highest BCUT2D eigenvalue weighted by Gasteiger charge is 2.51. The van der Waals surface area contributed by atoms with Crippen LogP contribution in [0, 0.1) is 29.1 Å². The number of hydrogen-bond acceptors (Lipinski definition) is 9. The van der Waals surface area contributed by atoms with Crippen molar-refractivity contribution in [2.75, 3.05) is 27.2 Å². The first kappa shape index (κ1) is 44.3. The van der Waals surface area contributed by atoms with Crippen LogP contribution in [-0.4, -0.2) is 85.5 Å². The summed E-state index contributed by atoms with van der Waals surface area (Å²) in [6.45, 7) is 9.45. The number of amides is 3. The summed E-state index contributed by atoms with van der Waals surface area (Å²) in [5.41, 5.74) is 0.332. The first-order valence-corrected chi connectivity index (χ1v) is 19.9. The van der Waals surface area contributed by atoms with Crippen LogP contribution >= 0.6 is 0 Å². The van der Waals surface area contributed by atoms with E-state index in [1.807, 2.05) is 26.8 Å². The van der Waals surface area contributed by atoms with E-state index in [4.69, 9.17) is 9.47 Å². The number of carbonyl (C=O) groups is 7. The second kappa shape index (κ2) is 21.1. The van der Waals surface area contributed by atoms with E-state index < -0.39 is 66.0 Å². The van der Waals surface area contributed by atoms with Crippen molar-refractivity contribution in [1.82, 2.24) is 15.5 Å². The third-order valence-electron chi connectivity index (χ3n) is 10.8. The number of ketones is 3. The lowest BCUT2D eigenvalue weighted by Gasteiger charge is -2.31. The summed E-state index contributed by atoms with van der Waals surface area (Å²) in [5.74, 6) is -5.77. The first-order valence-electron chi connectivity index (χ1n) is 19.9. The predicted octanol–water partition coefficient (Wildman–Crippen LogP) is 5.95. The molecule has 300 valence electrons. The molecular formula is C42H63N3O9. The van der Waals surface area contributed by atoms with E-state index in [1.165, 1.54) is 4.90 Å². The summed E-state index contributed by atoms with van der Waals surface area (Å²) >= 11 is 0. The number of ether oxygens (including phenoxy) is 2. The summed E-state index contributed by atoms with van der Waals surface area (Å²) < 4.78 is 11.1. The maximum atomic E-state index is 14.5. The molecule has 0 bridgehead atoms. The van der Waals surface area contributed by atoms with Gasteiger partial charge in [0.15, 0.2) is 17.7 Å². The molecule has 0 spiro atoms. The topological polar surface area (TPSA) is 165 Å². The molecule has 6 atom stereocenters. The van der Waals surface area contributed by atoms with Crippen molar-refractivity contribution in [3.63, 3.8) is 0 Å². The molecule has 12 nitrogen and oxygen atoms in total. The summed E-state index contributed by atoms with van der Waals surface area (Å²) in [7, 11) is 3.21. The molecule has 54 heavy (non-hydrogen) atoms. The van der Waals surface area contributed by atoms with Crippen LogP contribution in [-0.2, 0) is 38.2 Å². The molecule has 12 heteroatoms. The number of benzene rings is 1. The highest BCUT2D eigenvalue weighted by Crippen LogP contribution is 2.50. The average molecular weight is 754 g/mol. The summed E-state index contributed by atoms with van der Waals surface area (Å²) in [5, 5.41) is 5.20. The first-order chi connectivity index (χ1) is 25.6. The molecule has 2 aliphatic rings. The second-order valence-corrected chi connectivity index (χ2v) is 16.3. The van der Waals surface area contributed by atoms with E-state index in [0.717, 1.165) is 44.9 Å². The SMILES string of the molecule is CCCC(NC(=O)[C@@H]1C[C@@](C)(CCC)CC1C(=O)[C@@H](OC(=O)OCC(C)C)C1CCCCC1)C(=O)C(=O)NCC(=O)CC(C(=O)N(C)C)c1ccccc1. The van der Waals surface area contributed by atoms with Crippen LogP contribution in [0.3, 0.4) is 0 Å². The minimum atomic E-state index is -1.17. The molecule has 2 N–H and O–H groups in total. The zero-order valence-electron chi connectivity index (χ0n) is 33.4. The van der Waals surface area contributed by atoms with E-state index in [-0.39, 0.29) is 48.4 Å². The number of hydrogen-bond donors (Lipinski definition) is 2. The summed E-state index contributed by atoms with van der Waals surface area (Å²) in [6.07, 6.45) is 5.34. The molecule has 2 aliphatic carbocycles. The zero-order chi connectivity index (χ0) is 40.0. The van der Waals surface area contributed by atoms with Crippen molar-refractivity contribution in [3.05, 3.63) is 35.9 Å². The lowest BCUT2D eigenvalue weighted by molar-refractivity contribution is -0.143. The molecule has 2 saturated carbocycles. The van der Waals surface area contributed by atoms with Crippen LogP contribution in [0.5, 0.6) is 0 Å². The van der Waals surface area contributed by atoms with E-state index in [1.54, 1.807) is 38.4 Å². The van der Waals surface area contributed by atoms with Crippen LogP contribution in [0.25, 0.3) is 0 Å². The van der Waals surface area contributed by atoms with Crippen molar-refractivity contribution in [3.8, 4) is 0 Å². The minimum absolute atomic E-state index is 0.0890. The van der Waals surface area contributed by atoms with Gasteiger partial charge in [0.1, 0.15) is 0 Å². The fourth-order valence-electron chi connectivity index (χ4n) is 8.12. The van der Waals surface area contributed by atoms with E-state index >= 15 is 0 Å². The lowest BCUT2D eigenvalue weighted by atomic mass is 9.78. The van der Waals surface area contributed by atoms with Crippen LogP contribution in [0.2, 0.25) is 0 Å². The largest absolute Gasteiger partial charge is 0.509 e. The molecule has 3 unspecified atom stereocenters. The van der Waals surface area contributed by atoms with Crippen molar-refractivity contribution >= 4 is 41.2 Å². The van der Waals surface area contributed by atoms with Crippen LogP contribution in [0.15, 0.2) is 30.3 Å². The van der Waals surface area contributed by atoms with Gasteiger partial charge in [0.05, 0.1) is 25.1 Å². The van der Waals surface area contributed by atoms with E-state index in [0.29, 0.717) is 24.8 Å². The van der Waals surface area contributed by atoms with E-state index in [2.05, 4.69) is 24.5 Å². The monoisotopic (exact) mass is 753 g/mol. The van der Waals surface area contributed by atoms with Gasteiger partial charge in [0.2, 0.25) is 17.6 Å². The molecule has 2 fully saturated rings. The van der Waals surface area contributed by atoms with Gasteiger partial charge >= 0.3 is 6.16 Å². The smallest absolute Gasteiger partial charge is 0.434 e. The molecule has 0 aromatic heterocycles. The maximum absolute atomic E-state index is 14.5. The van der Waals surface area contributed by atoms with Gasteiger partial charge in [-0.25, -0.2) is 4.79 Å². The van der Waals surface area contributed by atoms with E-state index in [9.17, 15) is 33.6 Å². The summed E-state index contributed by atoms with van der Waals surface area (Å²) in [4.78, 5) is 95.3. The Morgan fingerprint density at radius 1 is 0.907 bits per heavy atom. The van der Waals surface area contributed by atoms with Crippen molar-refractivity contribution < 1.29 is 43.0 Å². The van der Waals surface area contributed by atoms with Gasteiger partial charge in [-0.15, -0.1) is 0 Å². The van der Waals surface area contributed by atoms with Gasteiger partial charge < -0.3 is 25.0 Å². The Labute approximate surface area is 321 Å². The predicted molar refractivity (Wildman–Crippen MR) is 204 cm³/mol. The zero-order valence-corrected chi connectivity index (χ0v) is 33.4. The highest BCUT2D eigenvalue weighted by atomic mass is 16.7. The second-order valence-electron chi connectivity index (χ2n) is 16.3. The molecule has 1 aromatic carbocycles. The van der Waals surface area contributed by atoms with Gasteiger partial charge in [-0.3, -0.25) is 28.8 Å². The lowest BCUT2D eigenvalue weighted by Crippen LogP contribution is -2.51. The Morgan fingerprint density at radius 3 is 2.15 bits per heavy atom. The Morgan fingerprint density at radius 2 is 1.56 bits per heavy atom. The Hall–Kier alpha value is -4.09. The molecule has 0 aliphatic heterocycles. The van der Waals surface area contributed by atoms with Gasteiger partial charge in [-0.2, -0.15) is 0 Å². The number of Topliss-reactive ketones (excluding diaryl/α,β-unsaturated/α-hetero) is 3. The maximum Gasteiger partial charge on any atom is 0.509 e. The number of likely N-dealkylation sites (N-methyl/N-ethyl adjacent to an activating group) is 1. The molecule has 3 amide bonds. The summed E-state index contributed by atoms with van der Waals surface area (Å²) in [6, 6.07) is 7.72. The van der Waals surface area contributed by atoms with Crippen molar-refractivity contribution in [1.29, 1.82) is 0 Å².